The molecule has 1 aliphatic heterocycles. The predicted molar refractivity (Wildman–Crippen MR) is 135 cm³/mol. The highest BCUT2D eigenvalue weighted by molar-refractivity contribution is 7.92. The summed E-state index contributed by atoms with van der Waals surface area (Å²) in [4.78, 5) is 12.7. The maximum atomic E-state index is 13.0. The second-order valence-electron chi connectivity index (χ2n) is 7.97. The molecule has 0 saturated heterocycles. The average Bonchev–Trinajstić information content (AvgIpc) is 3.22. The smallest absolute Gasteiger partial charge is 0.239 e. The number of para-hydroxylation sites is 1. The summed E-state index contributed by atoms with van der Waals surface area (Å²) in [5.74, 6) is 1.86. The number of hydrogen-bond acceptors (Lipinski definition) is 10. The van der Waals surface area contributed by atoms with E-state index in [2.05, 4.69) is 29.9 Å². The van der Waals surface area contributed by atoms with E-state index in [1.54, 1.807) is 48.1 Å². The molecule has 0 saturated carbocycles. The minimum Gasteiger partial charge on any atom is -0.493 e. The van der Waals surface area contributed by atoms with Gasteiger partial charge in [-0.05, 0) is 18.2 Å². The number of ether oxygens (including phenoxy) is 3. The highest BCUT2D eigenvalue weighted by Gasteiger charge is 2.32. The van der Waals surface area contributed by atoms with Crippen LogP contribution in [0.25, 0.3) is 11.4 Å². The second-order valence-corrected chi connectivity index (χ2v) is 10.3. The lowest BCUT2D eigenvalue weighted by molar-refractivity contribution is 0.263. The van der Waals surface area contributed by atoms with Gasteiger partial charge in [-0.1, -0.05) is 23.7 Å². The fraction of sp³-hybridized carbons (Fsp3) is 0.261. The number of rotatable bonds is 8. The normalized spacial score (nSPS) is 14.6. The van der Waals surface area contributed by atoms with Crippen molar-refractivity contribution in [2.75, 3.05) is 31.3 Å². The first kappa shape index (κ1) is 24.7. The number of methoxy groups -OCH3 is 2. The maximum Gasteiger partial charge on any atom is 0.239 e. The van der Waals surface area contributed by atoms with E-state index in [1.807, 2.05) is 0 Å². The molecule has 1 atom stereocenters. The third-order valence-electron chi connectivity index (χ3n) is 5.64. The van der Waals surface area contributed by atoms with E-state index < -0.39 is 16.1 Å². The standard InChI is InChI=1S/C23H22ClN7O5S/c1-34-18-7-3-5-15-21(18)36-13-17(16-6-4-8-20(27-16)35-2)31-22(15)28-29-23(31)30-37(32,33)10-9-19-25-11-14(24)12-26-19/h3-8,11-12,17H,9-10,13H2,1-2H3,(H,29,30)/t17-/m0/s1. The minimum absolute atomic E-state index is 0.0147. The Morgan fingerprint density at radius 1 is 1.11 bits per heavy atom. The van der Waals surface area contributed by atoms with Crippen LogP contribution in [0.5, 0.6) is 17.4 Å². The van der Waals surface area contributed by atoms with Crippen LogP contribution in [0.4, 0.5) is 5.95 Å². The Morgan fingerprint density at radius 2 is 1.89 bits per heavy atom. The van der Waals surface area contributed by atoms with Crippen LogP contribution >= 0.6 is 11.6 Å². The first-order chi connectivity index (χ1) is 17.9. The lowest BCUT2D eigenvalue weighted by Gasteiger charge is -2.20. The Bertz CT molecular complexity index is 1530. The van der Waals surface area contributed by atoms with Crippen LogP contribution in [0.1, 0.15) is 17.6 Å². The maximum absolute atomic E-state index is 13.0. The van der Waals surface area contributed by atoms with Gasteiger partial charge in [0.05, 0.1) is 36.3 Å². The summed E-state index contributed by atoms with van der Waals surface area (Å²) < 4.78 is 47.2. The van der Waals surface area contributed by atoms with Gasteiger partial charge in [0.25, 0.3) is 0 Å². The first-order valence-electron chi connectivity index (χ1n) is 11.1. The van der Waals surface area contributed by atoms with Gasteiger partial charge in [0.2, 0.25) is 21.9 Å². The molecule has 0 bridgehead atoms. The minimum atomic E-state index is -3.86. The van der Waals surface area contributed by atoms with Gasteiger partial charge in [-0.2, -0.15) is 0 Å². The molecule has 192 valence electrons. The van der Waals surface area contributed by atoms with E-state index in [1.165, 1.54) is 19.5 Å². The molecule has 0 fully saturated rings. The Kier molecular flexibility index (Phi) is 6.80. The van der Waals surface area contributed by atoms with E-state index in [9.17, 15) is 8.42 Å². The molecule has 12 nitrogen and oxygen atoms in total. The quantitative estimate of drug-likeness (QED) is 0.352. The zero-order valence-electron chi connectivity index (χ0n) is 19.8. The Hall–Kier alpha value is -3.97. The van der Waals surface area contributed by atoms with Crippen LogP contribution in [-0.4, -0.2) is 64.7 Å². The molecular formula is C23H22ClN7O5S. The van der Waals surface area contributed by atoms with Gasteiger partial charge in [-0.15, -0.1) is 10.2 Å². The van der Waals surface area contributed by atoms with Crippen molar-refractivity contribution in [3.63, 3.8) is 0 Å². The third-order valence-corrected chi connectivity index (χ3v) is 7.07. The number of aromatic nitrogens is 6. The van der Waals surface area contributed by atoms with Crippen molar-refractivity contribution in [2.24, 2.45) is 0 Å². The Morgan fingerprint density at radius 3 is 2.65 bits per heavy atom. The molecule has 0 aliphatic carbocycles. The zero-order valence-corrected chi connectivity index (χ0v) is 21.4. The van der Waals surface area contributed by atoms with Crippen molar-refractivity contribution in [1.29, 1.82) is 0 Å². The molecule has 14 heteroatoms. The SMILES string of the molecule is COc1cccc([C@@H]2COc3c(OC)cccc3-c3nnc(NS(=O)(=O)CCc4ncc(Cl)cn4)n32)n1. The Labute approximate surface area is 217 Å². The zero-order chi connectivity index (χ0) is 26.0. The molecule has 37 heavy (non-hydrogen) atoms. The largest absolute Gasteiger partial charge is 0.493 e. The Balaban J connectivity index is 1.54. The molecule has 4 heterocycles. The number of benzene rings is 1. The number of sulfonamides is 1. The van der Waals surface area contributed by atoms with Crippen molar-refractivity contribution in [1.82, 2.24) is 29.7 Å². The van der Waals surface area contributed by atoms with E-state index in [-0.39, 0.29) is 24.7 Å². The van der Waals surface area contributed by atoms with Crippen molar-refractivity contribution in [2.45, 2.75) is 12.5 Å². The van der Waals surface area contributed by atoms with E-state index in [0.29, 0.717) is 45.3 Å². The average molecular weight is 544 g/mol. The van der Waals surface area contributed by atoms with Gasteiger partial charge >= 0.3 is 0 Å². The molecule has 1 N–H and O–H groups in total. The highest BCUT2D eigenvalue weighted by Crippen LogP contribution is 2.42. The van der Waals surface area contributed by atoms with Crippen molar-refractivity contribution >= 4 is 27.6 Å². The highest BCUT2D eigenvalue weighted by atomic mass is 35.5. The van der Waals surface area contributed by atoms with Gasteiger partial charge in [-0.3, -0.25) is 9.29 Å². The summed E-state index contributed by atoms with van der Waals surface area (Å²) in [6.45, 7) is 0.103. The lowest BCUT2D eigenvalue weighted by atomic mass is 10.1. The van der Waals surface area contributed by atoms with Crippen LogP contribution in [0, 0.1) is 0 Å². The monoisotopic (exact) mass is 543 g/mol. The van der Waals surface area contributed by atoms with Crippen LogP contribution in [0.15, 0.2) is 48.8 Å². The number of fused-ring (bicyclic) bond motifs is 3. The molecule has 3 aromatic heterocycles. The molecular weight excluding hydrogens is 522 g/mol. The number of anilines is 1. The van der Waals surface area contributed by atoms with Gasteiger partial charge in [-0.25, -0.2) is 23.4 Å². The van der Waals surface area contributed by atoms with E-state index in [4.69, 9.17) is 25.8 Å². The van der Waals surface area contributed by atoms with Gasteiger partial charge < -0.3 is 14.2 Å². The molecule has 1 aromatic carbocycles. The number of nitrogens with one attached hydrogen (secondary N) is 1. The lowest BCUT2D eigenvalue weighted by Crippen LogP contribution is -2.25. The predicted octanol–water partition coefficient (Wildman–Crippen LogP) is 2.77. The molecule has 5 rings (SSSR count). The third kappa shape index (κ3) is 5.13. The second kappa shape index (κ2) is 10.2. The molecule has 1 aliphatic rings. The molecule has 0 spiro atoms. The van der Waals surface area contributed by atoms with Crippen molar-refractivity contribution in [3.05, 3.63) is 65.3 Å². The number of nitrogens with zero attached hydrogens (tertiary/aromatic N) is 6. The van der Waals surface area contributed by atoms with Gasteiger partial charge in [0, 0.05) is 24.9 Å². The number of aryl methyl sites for hydroxylation is 1. The molecule has 0 amide bonds. The van der Waals surface area contributed by atoms with Crippen LogP contribution in [0.3, 0.4) is 0 Å². The van der Waals surface area contributed by atoms with Gasteiger partial charge in [0.1, 0.15) is 18.5 Å². The van der Waals surface area contributed by atoms with Crippen LogP contribution < -0.4 is 18.9 Å². The summed E-state index contributed by atoms with van der Waals surface area (Å²) in [5, 5.41) is 8.87. The summed E-state index contributed by atoms with van der Waals surface area (Å²) in [6, 6.07) is 10.1. The van der Waals surface area contributed by atoms with Crippen LogP contribution in [0.2, 0.25) is 5.02 Å². The number of halogens is 1. The van der Waals surface area contributed by atoms with Crippen molar-refractivity contribution in [3.8, 4) is 28.8 Å². The summed E-state index contributed by atoms with van der Waals surface area (Å²) in [5.41, 5.74) is 1.17. The van der Waals surface area contributed by atoms with Crippen molar-refractivity contribution < 1.29 is 22.6 Å². The summed E-state index contributed by atoms with van der Waals surface area (Å²) >= 11 is 5.81. The molecule has 0 unspecified atom stereocenters. The van der Waals surface area contributed by atoms with E-state index >= 15 is 0 Å². The first-order valence-corrected chi connectivity index (χ1v) is 13.1. The van der Waals surface area contributed by atoms with E-state index in [0.717, 1.165) is 0 Å². The summed E-state index contributed by atoms with van der Waals surface area (Å²) in [6.07, 6.45) is 2.91. The van der Waals surface area contributed by atoms with Crippen LogP contribution in [-0.2, 0) is 16.4 Å². The number of pyridine rings is 1. The molecule has 0 radical (unpaired) electrons. The topological polar surface area (TPSA) is 143 Å². The van der Waals surface area contributed by atoms with Gasteiger partial charge in [0.15, 0.2) is 17.3 Å². The number of hydrogen-bond donors (Lipinski definition) is 1. The molecule has 4 aromatic rings. The fourth-order valence-electron chi connectivity index (χ4n) is 3.91. The summed E-state index contributed by atoms with van der Waals surface area (Å²) in [7, 11) is -0.804. The fourth-order valence-corrected chi connectivity index (χ4v) is 4.98.